The number of ether oxygens (including phenoxy) is 1. The topological polar surface area (TPSA) is 94.3 Å². The van der Waals surface area contributed by atoms with E-state index >= 15 is 0 Å². The highest BCUT2D eigenvalue weighted by atomic mass is 35.5. The first kappa shape index (κ1) is 19.9. The molecule has 158 valence electrons. The minimum Gasteiger partial charge on any atom is -0.494 e. The molecule has 4 heterocycles. The van der Waals surface area contributed by atoms with Gasteiger partial charge in [-0.2, -0.15) is 0 Å². The van der Waals surface area contributed by atoms with Crippen LogP contribution in [0.3, 0.4) is 0 Å². The van der Waals surface area contributed by atoms with Crippen LogP contribution in [0.25, 0.3) is 16.1 Å². The van der Waals surface area contributed by atoms with Crippen molar-refractivity contribution in [1.82, 2.24) is 24.6 Å². The van der Waals surface area contributed by atoms with Crippen LogP contribution >= 0.6 is 22.9 Å². The quantitative estimate of drug-likeness (QED) is 0.445. The lowest BCUT2D eigenvalue weighted by molar-refractivity contribution is 0.102. The number of hydrogen-bond acceptors (Lipinski definition) is 7. The maximum atomic E-state index is 13.1. The van der Waals surface area contributed by atoms with Gasteiger partial charge in [-0.05, 0) is 31.9 Å². The van der Waals surface area contributed by atoms with Gasteiger partial charge in [0.05, 0.1) is 30.8 Å². The third-order valence-corrected chi connectivity index (χ3v) is 6.56. The second-order valence-electron chi connectivity index (χ2n) is 7.85. The molecule has 0 saturated heterocycles. The monoisotopic (exact) mass is 454 g/mol. The first-order valence-corrected chi connectivity index (χ1v) is 10.9. The standard InChI is InChI=1S/C21H19ClN6O2S/c1-11-6-12(13-7-17(22)24-9-15(13)30-3)14(8-23-11)18(29)26-19-27-28-10-16(21(2)4-5-21)25-20(28)31-19/h6-10H,4-5H2,1-3H3,(H,26,27,29). The van der Waals surface area contributed by atoms with Crippen LogP contribution in [0.1, 0.15) is 41.5 Å². The number of anilines is 1. The largest absolute Gasteiger partial charge is 0.494 e. The maximum absolute atomic E-state index is 13.1. The maximum Gasteiger partial charge on any atom is 0.259 e. The van der Waals surface area contributed by atoms with Gasteiger partial charge in [0.2, 0.25) is 10.1 Å². The van der Waals surface area contributed by atoms with Gasteiger partial charge in [0.25, 0.3) is 5.91 Å². The number of aryl methyl sites for hydroxylation is 1. The van der Waals surface area contributed by atoms with Gasteiger partial charge in [-0.1, -0.05) is 29.9 Å². The minimum atomic E-state index is -0.330. The van der Waals surface area contributed by atoms with Crippen molar-refractivity contribution in [3.63, 3.8) is 0 Å². The van der Waals surface area contributed by atoms with Gasteiger partial charge >= 0.3 is 0 Å². The van der Waals surface area contributed by atoms with Crippen molar-refractivity contribution in [3.05, 3.63) is 52.8 Å². The van der Waals surface area contributed by atoms with E-state index in [9.17, 15) is 4.79 Å². The summed E-state index contributed by atoms with van der Waals surface area (Å²) in [6, 6.07) is 3.49. The average molecular weight is 455 g/mol. The molecule has 10 heteroatoms. The van der Waals surface area contributed by atoms with E-state index in [1.54, 1.807) is 23.9 Å². The summed E-state index contributed by atoms with van der Waals surface area (Å²) < 4.78 is 7.15. The SMILES string of the molecule is COc1cnc(Cl)cc1-c1cc(C)ncc1C(=O)Nc1nn2cc(C3(C)CC3)nc2s1. The lowest BCUT2D eigenvalue weighted by Crippen LogP contribution is -2.14. The molecule has 0 radical (unpaired) electrons. The highest BCUT2D eigenvalue weighted by Crippen LogP contribution is 2.47. The van der Waals surface area contributed by atoms with Crippen LogP contribution in [-0.2, 0) is 5.41 Å². The van der Waals surface area contributed by atoms with Crippen molar-refractivity contribution >= 4 is 38.9 Å². The molecule has 1 amide bonds. The van der Waals surface area contributed by atoms with Crippen molar-refractivity contribution in [2.75, 3.05) is 12.4 Å². The average Bonchev–Trinajstić information content (AvgIpc) is 3.19. The summed E-state index contributed by atoms with van der Waals surface area (Å²) in [7, 11) is 1.55. The van der Waals surface area contributed by atoms with Crippen LogP contribution < -0.4 is 10.1 Å². The number of nitrogens with zero attached hydrogens (tertiary/aromatic N) is 5. The third-order valence-electron chi connectivity index (χ3n) is 5.51. The summed E-state index contributed by atoms with van der Waals surface area (Å²) in [5, 5.41) is 8.11. The second-order valence-corrected chi connectivity index (χ2v) is 9.20. The Hall–Kier alpha value is -3.04. The molecule has 1 aliphatic rings. The van der Waals surface area contributed by atoms with Crippen LogP contribution in [0.4, 0.5) is 5.13 Å². The highest BCUT2D eigenvalue weighted by Gasteiger charge is 2.41. The Morgan fingerprint density at radius 2 is 2.06 bits per heavy atom. The Kier molecular flexibility index (Phi) is 4.67. The normalized spacial score (nSPS) is 14.6. The summed E-state index contributed by atoms with van der Waals surface area (Å²) in [6.07, 6.45) is 7.30. The molecule has 0 aliphatic heterocycles. The zero-order valence-electron chi connectivity index (χ0n) is 17.1. The molecule has 4 aromatic rings. The van der Waals surface area contributed by atoms with Gasteiger partial charge in [-0.25, -0.2) is 14.5 Å². The number of nitrogens with one attached hydrogen (secondary N) is 1. The van der Waals surface area contributed by atoms with Gasteiger partial charge < -0.3 is 4.74 Å². The number of hydrogen-bond donors (Lipinski definition) is 1. The van der Waals surface area contributed by atoms with E-state index in [2.05, 4.69) is 32.3 Å². The van der Waals surface area contributed by atoms with Crippen molar-refractivity contribution in [2.24, 2.45) is 0 Å². The van der Waals surface area contributed by atoms with Gasteiger partial charge in [0.15, 0.2) is 0 Å². The number of fused-ring (bicyclic) bond motifs is 1. The molecular formula is C21H19ClN6O2S. The number of imidazole rings is 1. The predicted molar refractivity (Wildman–Crippen MR) is 119 cm³/mol. The van der Waals surface area contributed by atoms with Crippen molar-refractivity contribution in [1.29, 1.82) is 0 Å². The number of amides is 1. The molecule has 5 rings (SSSR count). The molecule has 8 nitrogen and oxygen atoms in total. The first-order chi connectivity index (χ1) is 14.9. The smallest absolute Gasteiger partial charge is 0.259 e. The molecule has 1 N–H and O–H groups in total. The Labute approximate surface area is 187 Å². The summed E-state index contributed by atoms with van der Waals surface area (Å²) >= 11 is 7.44. The Morgan fingerprint density at radius 1 is 1.26 bits per heavy atom. The number of pyridine rings is 2. The molecule has 4 aromatic heterocycles. The van der Waals surface area contributed by atoms with Gasteiger partial charge in [-0.15, -0.1) is 5.10 Å². The van der Waals surface area contributed by atoms with Crippen LogP contribution in [0, 0.1) is 6.92 Å². The fraction of sp³-hybridized carbons (Fsp3) is 0.286. The second kappa shape index (κ2) is 7.28. The molecule has 0 bridgehead atoms. The number of carbonyl (C=O) groups excluding carboxylic acids is 1. The molecule has 0 unspecified atom stereocenters. The van der Waals surface area contributed by atoms with E-state index in [0.29, 0.717) is 32.7 Å². The van der Waals surface area contributed by atoms with Gasteiger partial charge in [-0.3, -0.25) is 15.1 Å². The third kappa shape index (κ3) is 3.64. The zero-order valence-corrected chi connectivity index (χ0v) is 18.7. The fourth-order valence-electron chi connectivity index (χ4n) is 3.40. The lowest BCUT2D eigenvalue weighted by Gasteiger charge is -2.13. The minimum absolute atomic E-state index is 0.171. The summed E-state index contributed by atoms with van der Waals surface area (Å²) in [4.78, 5) is 26.9. The van der Waals surface area contributed by atoms with Gasteiger partial charge in [0, 0.05) is 28.4 Å². The van der Waals surface area contributed by atoms with Crippen LogP contribution in [0.15, 0.2) is 30.7 Å². The molecule has 1 saturated carbocycles. The van der Waals surface area contributed by atoms with Gasteiger partial charge in [0.1, 0.15) is 10.9 Å². The molecule has 1 aliphatic carbocycles. The molecule has 1 fully saturated rings. The molecule has 0 atom stereocenters. The predicted octanol–water partition coefficient (Wildman–Crippen LogP) is 4.52. The Balaban J connectivity index is 1.48. The van der Waals surface area contributed by atoms with Crippen LogP contribution in [0.5, 0.6) is 5.75 Å². The van der Waals surface area contributed by atoms with Crippen molar-refractivity contribution < 1.29 is 9.53 Å². The molecule has 31 heavy (non-hydrogen) atoms. The van der Waals surface area contributed by atoms with Crippen LogP contribution in [0.2, 0.25) is 5.15 Å². The van der Waals surface area contributed by atoms with E-state index in [4.69, 9.17) is 16.3 Å². The number of carbonyl (C=O) groups is 1. The van der Waals surface area contributed by atoms with Crippen molar-refractivity contribution in [3.8, 4) is 16.9 Å². The molecular weight excluding hydrogens is 436 g/mol. The van der Waals surface area contributed by atoms with E-state index in [1.807, 2.05) is 19.2 Å². The van der Waals surface area contributed by atoms with E-state index in [-0.39, 0.29) is 11.3 Å². The summed E-state index contributed by atoms with van der Waals surface area (Å²) in [6.45, 7) is 4.06. The number of rotatable bonds is 5. The first-order valence-electron chi connectivity index (χ1n) is 9.71. The van der Waals surface area contributed by atoms with E-state index in [0.717, 1.165) is 29.2 Å². The summed E-state index contributed by atoms with van der Waals surface area (Å²) in [5.74, 6) is 0.182. The van der Waals surface area contributed by atoms with Crippen LogP contribution in [-0.4, -0.2) is 37.6 Å². The molecule has 0 spiro atoms. The number of halogens is 1. The molecule has 0 aromatic carbocycles. The fourth-order valence-corrected chi connectivity index (χ4v) is 4.34. The Bertz CT molecular complexity index is 1300. The van der Waals surface area contributed by atoms with E-state index in [1.165, 1.54) is 17.5 Å². The lowest BCUT2D eigenvalue weighted by atomic mass is 10.0. The zero-order chi connectivity index (χ0) is 21.8. The Morgan fingerprint density at radius 3 is 2.77 bits per heavy atom. The van der Waals surface area contributed by atoms with Crippen molar-refractivity contribution in [2.45, 2.75) is 32.1 Å². The summed E-state index contributed by atoms with van der Waals surface area (Å²) in [5.41, 5.74) is 3.67. The number of methoxy groups -OCH3 is 1. The highest BCUT2D eigenvalue weighted by molar-refractivity contribution is 7.20. The van der Waals surface area contributed by atoms with E-state index < -0.39 is 0 Å². The number of aromatic nitrogens is 5.